The van der Waals surface area contributed by atoms with Gasteiger partial charge in [-0.3, -0.25) is 0 Å². The lowest BCUT2D eigenvalue weighted by atomic mass is 10.0. The van der Waals surface area contributed by atoms with Crippen molar-refractivity contribution in [1.29, 1.82) is 5.26 Å². The van der Waals surface area contributed by atoms with E-state index in [1.165, 1.54) is 17.2 Å². The quantitative estimate of drug-likeness (QED) is 0.905. The van der Waals surface area contributed by atoms with Gasteiger partial charge in [-0.05, 0) is 23.8 Å². The van der Waals surface area contributed by atoms with Gasteiger partial charge in [0.05, 0.1) is 22.9 Å². The molecule has 0 bridgehead atoms. The van der Waals surface area contributed by atoms with Gasteiger partial charge in [0.25, 0.3) is 0 Å². The number of nitriles is 1. The molecule has 1 aliphatic heterocycles. The van der Waals surface area contributed by atoms with Crippen molar-refractivity contribution in [3.05, 3.63) is 23.0 Å². The maximum atomic E-state index is 12.9. The van der Waals surface area contributed by atoms with Crippen LogP contribution in [0.2, 0.25) is 5.02 Å². The van der Waals surface area contributed by atoms with E-state index in [4.69, 9.17) is 16.9 Å². The third kappa shape index (κ3) is 2.31. The van der Waals surface area contributed by atoms with E-state index in [1.807, 2.05) is 6.92 Å². The molecule has 22 heavy (non-hydrogen) atoms. The number of hydrogen-bond donors (Lipinski definition) is 1. The van der Waals surface area contributed by atoms with Crippen LogP contribution in [0.5, 0.6) is 0 Å². The van der Waals surface area contributed by atoms with E-state index in [1.54, 1.807) is 6.07 Å². The molecule has 1 aromatic heterocycles. The first-order valence-electron chi connectivity index (χ1n) is 6.82. The standard InChI is InChI=1S/C14H13ClF3N3O/c1-6-8-5-21(7-2-9(15)10(3-19)20-4-7)12(11(6)8)13(22)14(16,17)18/h2,4,6,8,11-13,22H,5H2,1H3/t6-,8+,11-,12-,13-/m1/s1. The first kappa shape index (κ1) is 15.4. The number of aliphatic hydroxyl groups is 1. The van der Waals surface area contributed by atoms with Gasteiger partial charge >= 0.3 is 6.18 Å². The average Bonchev–Trinajstić information content (AvgIpc) is 2.91. The van der Waals surface area contributed by atoms with Crippen LogP contribution in [-0.2, 0) is 0 Å². The summed E-state index contributed by atoms with van der Waals surface area (Å²) in [5.41, 5.74) is 0.424. The monoisotopic (exact) mass is 331 g/mol. The van der Waals surface area contributed by atoms with Crippen LogP contribution in [0.1, 0.15) is 12.6 Å². The zero-order valence-corrected chi connectivity index (χ0v) is 12.3. The van der Waals surface area contributed by atoms with Crippen molar-refractivity contribution < 1.29 is 18.3 Å². The van der Waals surface area contributed by atoms with Crippen LogP contribution in [0.15, 0.2) is 12.3 Å². The predicted molar refractivity (Wildman–Crippen MR) is 73.3 cm³/mol. The molecule has 1 N–H and O–H groups in total. The van der Waals surface area contributed by atoms with Gasteiger partial charge in [-0.1, -0.05) is 18.5 Å². The summed E-state index contributed by atoms with van der Waals surface area (Å²) in [6.45, 7) is 2.32. The smallest absolute Gasteiger partial charge is 0.382 e. The lowest BCUT2D eigenvalue weighted by Crippen LogP contribution is -2.50. The van der Waals surface area contributed by atoms with Crippen molar-refractivity contribution in [3.63, 3.8) is 0 Å². The zero-order chi connectivity index (χ0) is 16.2. The largest absolute Gasteiger partial charge is 0.416 e. The van der Waals surface area contributed by atoms with Crippen molar-refractivity contribution in [2.45, 2.75) is 25.2 Å². The number of nitrogens with zero attached hydrogens (tertiary/aromatic N) is 3. The first-order valence-corrected chi connectivity index (χ1v) is 7.20. The van der Waals surface area contributed by atoms with Crippen LogP contribution >= 0.6 is 11.6 Å². The maximum absolute atomic E-state index is 12.9. The van der Waals surface area contributed by atoms with E-state index in [9.17, 15) is 18.3 Å². The van der Waals surface area contributed by atoms with E-state index in [0.29, 0.717) is 12.2 Å². The SMILES string of the molecule is C[C@@H]1[C@@H]2CN(c3cnc(C#N)c(Cl)c3)[C@@H]([C@@H](O)C(F)(F)F)[C@H]12. The number of alkyl halides is 3. The molecule has 8 heteroatoms. The molecule has 3 rings (SSSR count). The molecule has 1 aliphatic carbocycles. The lowest BCUT2D eigenvalue weighted by Gasteiger charge is -2.34. The Hall–Kier alpha value is -1.52. The van der Waals surface area contributed by atoms with Crippen molar-refractivity contribution >= 4 is 17.3 Å². The number of pyridine rings is 1. The van der Waals surface area contributed by atoms with Gasteiger partial charge in [-0.15, -0.1) is 0 Å². The third-order valence-electron chi connectivity index (χ3n) is 4.72. The number of fused-ring (bicyclic) bond motifs is 1. The second kappa shape index (κ2) is 5.00. The fourth-order valence-corrected chi connectivity index (χ4v) is 3.71. The molecule has 0 amide bonds. The van der Waals surface area contributed by atoms with Crippen LogP contribution in [0.25, 0.3) is 0 Å². The minimum absolute atomic E-state index is 0.0241. The Bertz CT molecular complexity index is 645. The molecule has 118 valence electrons. The molecular formula is C14H13ClF3N3O. The van der Waals surface area contributed by atoms with Gasteiger partial charge < -0.3 is 10.0 Å². The number of piperidine rings is 1. The highest BCUT2D eigenvalue weighted by Crippen LogP contribution is 2.57. The van der Waals surface area contributed by atoms with Gasteiger partial charge in [0.15, 0.2) is 11.8 Å². The van der Waals surface area contributed by atoms with Gasteiger partial charge in [-0.2, -0.15) is 18.4 Å². The highest BCUT2D eigenvalue weighted by atomic mass is 35.5. The Kier molecular flexibility index (Phi) is 3.49. The molecule has 1 saturated heterocycles. The Morgan fingerprint density at radius 2 is 2.23 bits per heavy atom. The number of anilines is 1. The van der Waals surface area contributed by atoms with Crippen LogP contribution in [-0.4, -0.2) is 35.0 Å². The van der Waals surface area contributed by atoms with Gasteiger partial charge in [0.2, 0.25) is 0 Å². The number of halogens is 4. The van der Waals surface area contributed by atoms with Crippen molar-refractivity contribution in [2.75, 3.05) is 11.4 Å². The Morgan fingerprint density at radius 1 is 1.55 bits per heavy atom. The molecule has 5 atom stereocenters. The fraction of sp³-hybridized carbons (Fsp3) is 0.571. The summed E-state index contributed by atoms with van der Waals surface area (Å²) in [6.07, 6.45) is -5.76. The molecule has 0 unspecified atom stereocenters. The van der Waals surface area contributed by atoms with Crippen LogP contribution in [0, 0.1) is 29.1 Å². The zero-order valence-electron chi connectivity index (χ0n) is 11.5. The molecule has 0 radical (unpaired) electrons. The number of rotatable bonds is 2. The minimum Gasteiger partial charge on any atom is -0.382 e. The highest BCUT2D eigenvalue weighted by Gasteiger charge is 2.64. The Morgan fingerprint density at radius 3 is 2.77 bits per heavy atom. The van der Waals surface area contributed by atoms with E-state index >= 15 is 0 Å². The van der Waals surface area contributed by atoms with Gasteiger partial charge in [0.1, 0.15) is 6.07 Å². The molecule has 2 heterocycles. The predicted octanol–water partition coefficient (Wildman–Crippen LogP) is 2.60. The van der Waals surface area contributed by atoms with Crippen molar-refractivity contribution in [3.8, 4) is 6.07 Å². The molecular weight excluding hydrogens is 319 g/mol. The molecule has 0 spiro atoms. The van der Waals surface area contributed by atoms with E-state index in [-0.39, 0.29) is 28.5 Å². The average molecular weight is 332 g/mol. The summed E-state index contributed by atoms with van der Waals surface area (Å²) in [6, 6.07) is 2.20. The maximum Gasteiger partial charge on any atom is 0.416 e. The summed E-state index contributed by atoms with van der Waals surface area (Å²) >= 11 is 5.91. The van der Waals surface area contributed by atoms with Crippen LogP contribution in [0.4, 0.5) is 18.9 Å². The van der Waals surface area contributed by atoms with Crippen LogP contribution in [0.3, 0.4) is 0 Å². The van der Waals surface area contributed by atoms with Crippen molar-refractivity contribution in [1.82, 2.24) is 4.98 Å². The van der Waals surface area contributed by atoms with Gasteiger partial charge in [0, 0.05) is 6.54 Å². The number of aliphatic hydroxyl groups excluding tert-OH is 1. The molecule has 1 saturated carbocycles. The molecule has 0 aromatic carbocycles. The summed E-state index contributed by atoms with van der Waals surface area (Å²) < 4.78 is 38.8. The molecule has 2 fully saturated rings. The second-order valence-corrected chi connectivity index (χ2v) is 6.27. The lowest BCUT2D eigenvalue weighted by molar-refractivity contribution is -0.210. The van der Waals surface area contributed by atoms with Crippen molar-refractivity contribution in [2.24, 2.45) is 17.8 Å². The Labute approximate surface area is 130 Å². The molecule has 2 aliphatic rings. The minimum atomic E-state index is -4.68. The normalized spacial score (nSPS) is 31.6. The number of hydrogen-bond acceptors (Lipinski definition) is 4. The molecule has 1 aromatic rings. The summed E-state index contributed by atoms with van der Waals surface area (Å²) in [4.78, 5) is 5.37. The summed E-state index contributed by atoms with van der Waals surface area (Å²) in [5.74, 6) is 0.113. The highest BCUT2D eigenvalue weighted by molar-refractivity contribution is 6.31. The van der Waals surface area contributed by atoms with E-state index in [2.05, 4.69) is 4.98 Å². The summed E-state index contributed by atoms with van der Waals surface area (Å²) in [5, 5.41) is 18.6. The topological polar surface area (TPSA) is 60.2 Å². The Balaban J connectivity index is 1.93. The van der Waals surface area contributed by atoms with E-state index < -0.39 is 18.3 Å². The second-order valence-electron chi connectivity index (χ2n) is 5.87. The third-order valence-corrected chi connectivity index (χ3v) is 5.01. The van der Waals surface area contributed by atoms with E-state index in [0.717, 1.165) is 0 Å². The first-order chi connectivity index (χ1) is 10.3. The number of aromatic nitrogens is 1. The molecule has 4 nitrogen and oxygen atoms in total. The van der Waals surface area contributed by atoms with Gasteiger partial charge in [-0.25, -0.2) is 4.98 Å². The fourth-order valence-electron chi connectivity index (χ4n) is 3.51. The summed E-state index contributed by atoms with van der Waals surface area (Å²) in [7, 11) is 0. The van der Waals surface area contributed by atoms with Crippen LogP contribution < -0.4 is 4.90 Å².